The van der Waals surface area contributed by atoms with E-state index >= 15 is 0 Å². The number of hydrogen-bond donors (Lipinski definition) is 0. The second-order valence-corrected chi connectivity index (χ2v) is 13.6. The molecule has 0 aliphatic carbocycles. The van der Waals surface area contributed by atoms with Crippen LogP contribution in [0.2, 0.25) is 0 Å². The number of fused-ring (bicyclic) bond motifs is 4. The number of benzene rings is 10. The lowest BCUT2D eigenvalue weighted by molar-refractivity contribution is 1.60. The molecule has 10 aromatic carbocycles. The lowest BCUT2D eigenvalue weighted by Gasteiger charge is -2.21. The highest BCUT2D eigenvalue weighted by Gasteiger charge is 2.20. The average Bonchev–Trinajstić information content (AvgIpc) is 3.22. The van der Waals surface area contributed by atoms with Gasteiger partial charge in [-0.1, -0.05) is 194 Å². The first-order valence-corrected chi connectivity index (χ1v) is 18.0. The van der Waals surface area contributed by atoms with E-state index in [0.29, 0.717) is 0 Å². The lowest BCUT2D eigenvalue weighted by Crippen LogP contribution is -1.94. The van der Waals surface area contributed by atoms with E-state index in [1.807, 2.05) is 0 Å². The van der Waals surface area contributed by atoms with Gasteiger partial charge in [-0.15, -0.1) is 0 Å². The third kappa shape index (κ3) is 5.08. The topological polar surface area (TPSA) is 0 Å². The van der Waals surface area contributed by atoms with Crippen LogP contribution in [0.25, 0.3) is 98.7 Å². The second-order valence-electron chi connectivity index (χ2n) is 13.6. The van der Waals surface area contributed by atoms with Crippen LogP contribution in [0.5, 0.6) is 0 Å². The Labute approximate surface area is 303 Å². The van der Waals surface area contributed by atoms with Crippen molar-refractivity contribution in [1.29, 1.82) is 0 Å². The number of rotatable bonds is 5. The molecule has 0 nitrogen and oxygen atoms in total. The van der Waals surface area contributed by atoms with E-state index in [-0.39, 0.29) is 0 Å². The molecule has 10 aromatic rings. The van der Waals surface area contributed by atoms with Gasteiger partial charge in [0, 0.05) is 0 Å². The van der Waals surface area contributed by atoms with E-state index in [0.717, 1.165) is 0 Å². The second kappa shape index (κ2) is 12.5. The summed E-state index contributed by atoms with van der Waals surface area (Å²) in [6.45, 7) is 0. The van der Waals surface area contributed by atoms with Crippen molar-refractivity contribution in [2.45, 2.75) is 0 Å². The molecule has 0 bridgehead atoms. The highest BCUT2D eigenvalue weighted by atomic mass is 14.2. The van der Waals surface area contributed by atoms with E-state index in [2.05, 4.69) is 206 Å². The van der Waals surface area contributed by atoms with Crippen LogP contribution < -0.4 is 0 Å². The first-order valence-electron chi connectivity index (χ1n) is 18.0. The smallest absolute Gasteiger partial charge is 0.00199 e. The molecule has 0 saturated heterocycles. The van der Waals surface area contributed by atoms with Crippen molar-refractivity contribution in [2.24, 2.45) is 0 Å². The van der Waals surface area contributed by atoms with Crippen molar-refractivity contribution in [3.63, 3.8) is 0 Å². The van der Waals surface area contributed by atoms with Gasteiger partial charge < -0.3 is 0 Å². The highest BCUT2D eigenvalue weighted by Crippen LogP contribution is 2.48. The van der Waals surface area contributed by atoms with Gasteiger partial charge in [0.1, 0.15) is 0 Å². The molecule has 0 N–H and O–H groups in total. The predicted molar refractivity (Wildman–Crippen MR) is 224 cm³/mol. The van der Waals surface area contributed by atoms with Crippen LogP contribution >= 0.6 is 0 Å². The monoisotopic (exact) mass is 658 g/mol. The molecule has 0 heteroatoms. The summed E-state index contributed by atoms with van der Waals surface area (Å²) in [7, 11) is 0. The van der Waals surface area contributed by atoms with Crippen molar-refractivity contribution < 1.29 is 0 Å². The van der Waals surface area contributed by atoms with Crippen LogP contribution in [-0.2, 0) is 0 Å². The number of hydrogen-bond acceptors (Lipinski definition) is 0. The summed E-state index contributed by atoms with van der Waals surface area (Å²) in [4.78, 5) is 0. The minimum atomic E-state index is 1.20. The Balaban J connectivity index is 1.28. The van der Waals surface area contributed by atoms with Crippen molar-refractivity contribution in [2.75, 3.05) is 0 Å². The zero-order chi connectivity index (χ0) is 34.4. The zero-order valence-electron chi connectivity index (χ0n) is 28.6. The maximum absolute atomic E-state index is 2.43. The molecule has 52 heavy (non-hydrogen) atoms. The molecule has 242 valence electrons. The van der Waals surface area contributed by atoms with Crippen LogP contribution in [0, 0.1) is 0 Å². The molecule has 10 rings (SSSR count). The molecular formula is C52H34. The quantitative estimate of drug-likeness (QED) is 0.161. The Morgan fingerprint density at radius 1 is 0.192 bits per heavy atom. The molecule has 0 aromatic heterocycles. The molecule has 0 atom stereocenters. The molecule has 0 heterocycles. The highest BCUT2D eigenvalue weighted by molar-refractivity contribution is 6.24. The summed E-state index contributed by atoms with van der Waals surface area (Å²) >= 11 is 0. The summed E-state index contributed by atoms with van der Waals surface area (Å²) in [6, 6.07) is 75.6. The first kappa shape index (κ1) is 30.1. The summed E-state index contributed by atoms with van der Waals surface area (Å²) in [6.07, 6.45) is 0. The van der Waals surface area contributed by atoms with Crippen molar-refractivity contribution in [3.05, 3.63) is 206 Å². The van der Waals surface area contributed by atoms with Gasteiger partial charge in [0.15, 0.2) is 0 Å². The zero-order valence-corrected chi connectivity index (χ0v) is 28.6. The first-order chi connectivity index (χ1) is 25.8. The van der Waals surface area contributed by atoms with Gasteiger partial charge in [-0.3, -0.25) is 0 Å². The van der Waals surface area contributed by atoms with Gasteiger partial charge in [0.05, 0.1) is 0 Å². The molecule has 0 saturated carbocycles. The molecule has 0 unspecified atom stereocenters. The van der Waals surface area contributed by atoms with Crippen LogP contribution in [0.3, 0.4) is 0 Å². The third-order valence-electron chi connectivity index (χ3n) is 10.7. The Morgan fingerprint density at radius 3 is 1.44 bits per heavy atom. The van der Waals surface area contributed by atoms with Gasteiger partial charge in [0.2, 0.25) is 0 Å². The summed E-state index contributed by atoms with van der Waals surface area (Å²) in [5.74, 6) is 0. The molecule has 0 aliphatic heterocycles. The fourth-order valence-electron chi connectivity index (χ4n) is 8.18. The molecule has 0 spiro atoms. The van der Waals surface area contributed by atoms with Gasteiger partial charge in [-0.25, -0.2) is 0 Å². The Bertz CT molecular complexity index is 2930. The maximum Gasteiger partial charge on any atom is -0.00199 e. The Morgan fingerprint density at radius 2 is 0.673 bits per heavy atom. The summed E-state index contributed by atoms with van der Waals surface area (Å²) < 4.78 is 0. The fraction of sp³-hybridized carbons (Fsp3) is 0. The summed E-state index contributed by atoms with van der Waals surface area (Å²) in [5.41, 5.74) is 12.3. The SMILES string of the molecule is c1ccc(-c2ccc(-c3ccc4c(-c5cccc6ccccc56)c5ccccc5c(-c5ccccc5-c5ccc6ccccc6c5)c4c3)cc2)cc1. The van der Waals surface area contributed by atoms with Gasteiger partial charge in [-0.2, -0.15) is 0 Å². The molecule has 0 amide bonds. The van der Waals surface area contributed by atoms with Crippen LogP contribution in [0.15, 0.2) is 206 Å². The molecule has 0 radical (unpaired) electrons. The van der Waals surface area contributed by atoms with E-state index < -0.39 is 0 Å². The maximum atomic E-state index is 2.43. The minimum Gasteiger partial charge on any atom is -0.0622 e. The van der Waals surface area contributed by atoms with E-state index in [1.165, 1.54) is 98.7 Å². The van der Waals surface area contributed by atoms with Gasteiger partial charge in [0.25, 0.3) is 0 Å². The van der Waals surface area contributed by atoms with E-state index in [9.17, 15) is 0 Å². The average molecular weight is 659 g/mol. The third-order valence-corrected chi connectivity index (χ3v) is 10.7. The van der Waals surface area contributed by atoms with Gasteiger partial charge in [-0.05, 0) is 111 Å². The van der Waals surface area contributed by atoms with Crippen molar-refractivity contribution in [1.82, 2.24) is 0 Å². The predicted octanol–water partition coefficient (Wildman–Crippen LogP) is 14.6. The fourth-order valence-corrected chi connectivity index (χ4v) is 8.18. The standard InChI is InChI=1S/C52H34/c1-2-13-35(14-3-1)37-25-27-38(28-26-37)41-31-32-49-50(34-41)52(45-21-9-8-20-44(45)42-30-29-36-15-4-5-17-40(36)33-42)48-23-11-10-22-47(48)51(49)46-24-12-18-39-16-6-7-19-43(39)46/h1-34H. The van der Waals surface area contributed by atoms with Crippen LogP contribution in [0.4, 0.5) is 0 Å². The normalized spacial score (nSPS) is 11.5. The minimum absolute atomic E-state index is 1.20. The molecule has 0 aliphatic rings. The molecule has 0 fully saturated rings. The van der Waals surface area contributed by atoms with Gasteiger partial charge >= 0.3 is 0 Å². The lowest BCUT2D eigenvalue weighted by atomic mass is 9.82. The Hall–Kier alpha value is -6.76. The van der Waals surface area contributed by atoms with E-state index in [1.54, 1.807) is 0 Å². The Kier molecular flexibility index (Phi) is 7.25. The molecular weight excluding hydrogens is 625 g/mol. The van der Waals surface area contributed by atoms with E-state index in [4.69, 9.17) is 0 Å². The summed E-state index contributed by atoms with van der Waals surface area (Å²) in [5, 5.41) is 10.0. The largest absolute Gasteiger partial charge is 0.0622 e. The van der Waals surface area contributed by atoms with Crippen LogP contribution in [-0.4, -0.2) is 0 Å². The van der Waals surface area contributed by atoms with Crippen molar-refractivity contribution in [3.8, 4) is 55.6 Å². The van der Waals surface area contributed by atoms with Crippen molar-refractivity contribution >= 4 is 43.1 Å². The van der Waals surface area contributed by atoms with Crippen LogP contribution in [0.1, 0.15) is 0 Å².